The Morgan fingerprint density at radius 2 is 1.11 bits per heavy atom. The summed E-state index contributed by atoms with van der Waals surface area (Å²) in [7, 11) is 0. The zero-order chi connectivity index (χ0) is 19.0. The molecule has 0 aliphatic carbocycles. The average Bonchev–Trinajstić information content (AvgIpc) is 2.72. The molecule has 0 heterocycles. The maximum Gasteiger partial charge on any atom is 0.119 e. The van der Waals surface area contributed by atoms with Crippen molar-refractivity contribution in [3.8, 4) is 5.75 Å². The molecular weight excluding hydrogens is 348 g/mol. The molecule has 0 unspecified atom stereocenters. The van der Waals surface area contributed by atoms with E-state index in [0.29, 0.717) is 46.2 Å². The predicted molar refractivity (Wildman–Crippen MR) is 102 cm³/mol. The maximum atomic E-state index is 8.55. The van der Waals surface area contributed by atoms with Crippen LogP contribution in [0.3, 0.4) is 0 Å². The van der Waals surface area contributed by atoms with Crippen LogP contribution in [-0.4, -0.2) is 58.0 Å². The SMILES string of the molecule is OCCOCCOCCOCCOc1ccc(/N=N/c2ccccc2)cc1. The van der Waals surface area contributed by atoms with Gasteiger partial charge in [0.15, 0.2) is 0 Å². The number of rotatable bonds is 14. The Hall–Kier alpha value is -2.32. The summed E-state index contributed by atoms with van der Waals surface area (Å²) in [6.07, 6.45) is 0. The van der Waals surface area contributed by atoms with E-state index in [2.05, 4.69) is 10.2 Å². The Kier molecular flexibility index (Phi) is 10.7. The van der Waals surface area contributed by atoms with Crippen molar-refractivity contribution < 1.29 is 24.1 Å². The van der Waals surface area contributed by atoms with Gasteiger partial charge in [0.1, 0.15) is 12.4 Å². The molecule has 27 heavy (non-hydrogen) atoms. The number of aliphatic hydroxyl groups excluding tert-OH is 1. The first-order valence-electron chi connectivity index (χ1n) is 8.92. The number of aliphatic hydroxyl groups is 1. The Balaban J connectivity index is 1.52. The first kappa shape index (κ1) is 21.0. The largest absolute Gasteiger partial charge is 0.491 e. The van der Waals surface area contributed by atoms with Gasteiger partial charge in [-0.05, 0) is 36.4 Å². The van der Waals surface area contributed by atoms with E-state index in [4.69, 9.17) is 24.1 Å². The summed E-state index contributed by atoms with van der Waals surface area (Å²) in [5.41, 5.74) is 1.58. The van der Waals surface area contributed by atoms with Gasteiger partial charge in [-0.15, -0.1) is 0 Å². The predicted octanol–water partition coefficient (Wildman–Crippen LogP) is 3.52. The molecule has 7 heteroatoms. The summed E-state index contributed by atoms with van der Waals surface area (Å²) >= 11 is 0. The van der Waals surface area contributed by atoms with Crippen molar-refractivity contribution in [2.75, 3.05) is 52.9 Å². The van der Waals surface area contributed by atoms with Gasteiger partial charge < -0.3 is 24.1 Å². The smallest absolute Gasteiger partial charge is 0.119 e. The molecule has 2 aromatic rings. The van der Waals surface area contributed by atoms with Crippen LogP contribution < -0.4 is 4.74 Å². The lowest BCUT2D eigenvalue weighted by molar-refractivity contribution is 0.00361. The minimum atomic E-state index is 0.0314. The zero-order valence-electron chi connectivity index (χ0n) is 15.3. The zero-order valence-corrected chi connectivity index (χ0v) is 15.3. The van der Waals surface area contributed by atoms with Gasteiger partial charge in [-0.3, -0.25) is 0 Å². The van der Waals surface area contributed by atoms with Gasteiger partial charge in [0, 0.05) is 0 Å². The van der Waals surface area contributed by atoms with Gasteiger partial charge in [0.25, 0.3) is 0 Å². The third-order valence-electron chi connectivity index (χ3n) is 3.35. The van der Waals surface area contributed by atoms with E-state index in [0.717, 1.165) is 17.1 Å². The van der Waals surface area contributed by atoms with Gasteiger partial charge in [-0.25, -0.2) is 0 Å². The van der Waals surface area contributed by atoms with E-state index in [9.17, 15) is 0 Å². The lowest BCUT2D eigenvalue weighted by atomic mass is 10.3. The van der Waals surface area contributed by atoms with Crippen molar-refractivity contribution in [2.24, 2.45) is 10.2 Å². The fourth-order valence-electron chi connectivity index (χ4n) is 2.04. The monoisotopic (exact) mass is 374 g/mol. The number of azo groups is 1. The fourth-order valence-corrected chi connectivity index (χ4v) is 2.04. The third-order valence-corrected chi connectivity index (χ3v) is 3.35. The Bertz CT molecular complexity index is 635. The molecule has 0 fully saturated rings. The first-order chi connectivity index (χ1) is 13.4. The molecule has 2 rings (SSSR count). The molecule has 0 bridgehead atoms. The second kappa shape index (κ2) is 13.8. The Labute approximate surface area is 159 Å². The third kappa shape index (κ3) is 9.81. The molecule has 0 radical (unpaired) electrons. The number of ether oxygens (including phenoxy) is 4. The summed E-state index contributed by atoms with van der Waals surface area (Å²) in [6, 6.07) is 17.0. The van der Waals surface area contributed by atoms with Crippen LogP contribution in [0.25, 0.3) is 0 Å². The van der Waals surface area contributed by atoms with Crippen LogP contribution in [0.15, 0.2) is 64.8 Å². The fraction of sp³-hybridized carbons (Fsp3) is 0.400. The van der Waals surface area contributed by atoms with Crippen LogP contribution in [0.4, 0.5) is 11.4 Å². The Morgan fingerprint density at radius 1 is 0.593 bits per heavy atom. The number of nitrogens with zero attached hydrogens (tertiary/aromatic N) is 2. The van der Waals surface area contributed by atoms with E-state index in [1.165, 1.54) is 0 Å². The molecule has 2 aromatic carbocycles. The van der Waals surface area contributed by atoms with Gasteiger partial charge in [-0.1, -0.05) is 18.2 Å². The highest BCUT2D eigenvalue weighted by atomic mass is 16.6. The van der Waals surface area contributed by atoms with Crippen molar-refractivity contribution >= 4 is 11.4 Å². The maximum absolute atomic E-state index is 8.55. The van der Waals surface area contributed by atoms with Crippen LogP contribution in [0, 0.1) is 0 Å². The second-order valence-corrected chi connectivity index (χ2v) is 5.44. The molecular formula is C20H26N2O5. The van der Waals surface area contributed by atoms with Crippen LogP contribution in [0.2, 0.25) is 0 Å². The molecule has 0 saturated heterocycles. The van der Waals surface area contributed by atoms with Crippen LogP contribution in [0.5, 0.6) is 5.75 Å². The quantitative estimate of drug-likeness (QED) is 0.404. The summed E-state index contributed by atoms with van der Waals surface area (Å²) in [5.74, 6) is 0.759. The second-order valence-electron chi connectivity index (χ2n) is 5.44. The summed E-state index contributed by atoms with van der Waals surface area (Å²) in [4.78, 5) is 0. The highest BCUT2D eigenvalue weighted by Crippen LogP contribution is 2.20. The molecule has 7 nitrogen and oxygen atoms in total. The van der Waals surface area contributed by atoms with Crippen molar-refractivity contribution in [2.45, 2.75) is 0 Å². The summed E-state index contributed by atoms with van der Waals surface area (Å²) < 4.78 is 21.4. The molecule has 1 N–H and O–H groups in total. The summed E-state index contributed by atoms with van der Waals surface area (Å²) in [5, 5.41) is 16.9. The van der Waals surface area contributed by atoms with Crippen molar-refractivity contribution in [1.82, 2.24) is 0 Å². The highest BCUT2D eigenvalue weighted by Gasteiger charge is 1.96. The van der Waals surface area contributed by atoms with Crippen molar-refractivity contribution in [3.63, 3.8) is 0 Å². The minimum Gasteiger partial charge on any atom is -0.491 e. The van der Waals surface area contributed by atoms with Crippen LogP contribution in [0.1, 0.15) is 0 Å². The topological polar surface area (TPSA) is 81.9 Å². The lowest BCUT2D eigenvalue weighted by Gasteiger charge is -2.08. The molecule has 0 amide bonds. The molecule has 0 spiro atoms. The van der Waals surface area contributed by atoms with E-state index in [-0.39, 0.29) is 6.61 Å². The van der Waals surface area contributed by atoms with Crippen LogP contribution in [-0.2, 0) is 14.2 Å². The van der Waals surface area contributed by atoms with E-state index in [1.807, 2.05) is 54.6 Å². The van der Waals surface area contributed by atoms with E-state index in [1.54, 1.807) is 0 Å². The standard InChI is InChI=1S/C20H26N2O5/c23-10-11-24-12-13-25-14-15-26-16-17-27-20-8-6-19(7-9-20)22-21-18-4-2-1-3-5-18/h1-9,23H,10-17H2/b22-21+. The molecule has 0 atom stereocenters. The van der Waals surface area contributed by atoms with Gasteiger partial charge in [0.2, 0.25) is 0 Å². The van der Waals surface area contributed by atoms with E-state index < -0.39 is 0 Å². The minimum absolute atomic E-state index is 0.0314. The number of hydrogen-bond donors (Lipinski definition) is 1. The molecule has 0 aromatic heterocycles. The molecule has 0 saturated carbocycles. The number of benzene rings is 2. The van der Waals surface area contributed by atoms with Crippen molar-refractivity contribution in [1.29, 1.82) is 0 Å². The highest BCUT2D eigenvalue weighted by molar-refractivity contribution is 5.42. The lowest BCUT2D eigenvalue weighted by Crippen LogP contribution is -2.13. The Morgan fingerprint density at radius 3 is 1.70 bits per heavy atom. The first-order valence-corrected chi connectivity index (χ1v) is 8.92. The normalized spacial score (nSPS) is 11.1. The number of hydrogen-bond acceptors (Lipinski definition) is 7. The van der Waals surface area contributed by atoms with Gasteiger partial charge >= 0.3 is 0 Å². The molecule has 0 aliphatic rings. The van der Waals surface area contributed by atoms with Crippen LogP contribution >= 0.6 is 0 Å². The molecule has 0 aliphatic heterocycles. The molecule has 146 valence electrons. The van der Waals surface area contributed by atoms with Gasteiger partial charge in [-0.2, -0.15) is 10.2 Å². The van der Waals surface area contributed by atoms with E-state index >= 15 is 0 Å². The van der Waals surface area contributed by atoms with Crippen molar-refractivity contribution in [3.05, 3.63) is 54.6 Å². The summed E-state index contributed by atoms with van der Waals surface area (Å²) in [6.45, 7) is 3.30. The average molecular weight is 374 g/mol. The van der Waals surface area contributed by atoms with Gasteiger partial charge in [0.05, 0.1) is 57.6 Å².